The lowest BCUT2D eigenvalue weighted by atomic mass is 10.1. The molecule has 0 unspecified atom stereocenters. The van der Waals surface area contributed by atoms with Gasteiger partial charge in [-0.25, -0.2) is 0 Å². The summed E-state index contributed by atoms with van der Waals surface area (Å²) in [6.07, 6.45) is 0. The molecule has 0 saturated carbocycles. The van der Waals surface area contributed by atoms with E-state index in [-0.39, 0.29) is 29.4 Å². The van der Waals surface area contributed by atoms with Crippen LogP contribution in [0, 0.1) is 10.1 Å². The molecule has 0 aliphatic rings. The molecule has 2 aromatic carbocycles. The van der Waals surface area contributed by atoms with Crippen molar-refractivity contribution in [2.45, 2.75) is 13.5 Å². The van der Waals surface area contributed by atoms with Crippen molar-refractivity contribution < 1.29 is 19.6 Å². The number of nitrogens with zero attached hydrogens (tertiary/aromatic N) is 1. The molecule has 0 radical (unpaired) electrons. The summed E-state index contributed by atoms with van der Waals surface area (Å²) < 4.78 is 5.46. The third-order valence-electron chi connectivity index (χ3n) is 2.89. The van der Waals surface area contributed by atoms with Crippen molar-refractivity contribution in [1.82, 2.24) is 0 Å². The average molecular weight is 287 g/mol. The minimum absolute atomic E-state index is 0.0528. The zero-order valence-electron chi connectivity index (χ0n) is 11.3. The van der Waals surface area contributed by atoms with Gasteiger partial charge >= 0.3 is 0 Å². The summed E-state index contributed by atoms with van der Waals surface area (Å²) >= 11 is 0. The highest BCUT2D eigenvalue weighted by Crippen LogP contribution is 2.25. The Labute approximate surface area is 120 Å². The maximum Gasteiger partial charge on any atom is 0.283 e. The second-order valence-electron chi connectivity index (χ2n) is 4.45. The topological polar surface area (TPSA) is 89.7 Å². The molecule has 0 aromatic heterocycles. The normalized spacial score (nSPS) is 10.1. The molecule has 0 fully saturated rings. The molecule has 0 spiro atoms. The van der Waals surface area contributed by atoms with Gasteiger partial charge in [-0.15, -0.1) is 0 Å². The van der Waals surface area contributed by atoms with E-state index >= 15 is 0 Å². The lowest BCUT2D eigenvalue weighted by Crippen LogP contribution is -2.02. The molecule has 0 atom stereocenters. The van der Waals surface area contributed by atoms with Gasteiger partial charge in [-0.1, -0.05) is 12.1 Å². The summed E-state index contributed by atoms with van der Waals surface area (Å²) in [6.45, 7) is 1.48. The van der Waals surface area contributed by atoms with Crippen LogP contribution in [0.2, 0.25) is 0 Å². The van der Waals surface area contributed by atoms with E-state index in [1.807, 2.05) is 0 Å². The molecule has 2 rings (SSSR count). The van der Waals surface area contributed by atoms with E-state index in [4.69, 9.17) is 4.74 Å². The molecular formula is C15H13NO5. The van der Waals surface area contributed by atoms with Crippen LogP contribution in [0.5, 0.6) is 11.5 Å². The minimum atomic E-state index is -0.607. The SMILES string of the molecule is CC(=O)c1ccc(OCc2ccc(O)cc2)cc1[N+](=O)[O-]. The molecule has 0 bridgehead atoms. The largest absolute Gasteiger partial charge is 0.508 e. The third-order valence-corrected chi connectivity index (χ3v) is 2.89. The quantitative estimate of drug-likeness (QED) is 0.518. The Morgan fingerprint density at radius 1 is 1.24 bits per heavy atom. The highest BCUT2D eigenvalue weighted by atomic mass is 16.6. The van der Waals surface area contributed by atoms with Crippen molar-refractivity contribution in [2.75, 3.05) is 0 Å². The van der Waals surface area contributed by atoms with E-state index in [0.717, 1.165) is 5.56 Å². The number of nitro benzene ring substituents is 1. The van der Waals surface area contributed by atoms with Gasteiger partial charge in [0.1, 0.15) is 18.1 Å². The van der Waals surface area contributed by atoms with Gasteiger partial charge in [-0.3, -0.25) is 14.9 Å². The maximum atomic E-state index is 11.3. The standard InChI is InChI=1S/C15H13NO5/c1-10(17)14-7-6-13(8-15(14)16(19)20)21-9-11-2-4-12(18)5-3-11/h2-8,18H,9H2,1H3. The second kappa shape index (κ2) is 6.04. The van der Waals surface area contributed by atoms with Gasteiger partial charge in [-0.2, -0.15) is 0 Å². The first-order chi connectivity index (χ1) is 9.97. The zero-order valence-corrected chi connectivity index (χ0v) is 11.3. The summed E-state index contributed by atoms with van der Waals surface area (Å²) in [5.41, 5.74) is 0.591. The lowest BCUT2D eigenvalue weighted by Gasteiger charge is -2.07. The number of hydrogen-bond acceptors (Lipinski definition) is 5. The van der Waals surface area contributed by atoms with Crippen LogP contribution < -0.4 is 4.74 Å². The average Bonchev–Trinajstić information content (AvgIpc) is 2.46. The van der Waals surface area contributed by atoms with Crippen LogP contribution in [0.3, 0.4) is 0 Å². The van der Waals surface area contributed by atoms with Gasteiger partial charge in [-0.05, 0) is 36.8 Å². The van der Waals surface area contributed by atoms with Crippen LogP contribution in [-0.2, 0) is 6.61 Å². The predicted octanol–water partition coefficient (Wildman–Crippen LogP) is 3.08. The molecule has 0 heterocycles. The lowest BCUT2D eigenvalue weighted by molar-refractivity contribution is -0.385. The van der Waals surface area contributed by atoms with Crippen LogP contribution in [0.4, 0.5) is 5.69 Å². The number of rotatable bonds is 5. The van der Waals surface area contributed by atoms with Crippen LogP contribution in [0.15, 0.2) is 42.5 Å². The van der Waals surface area contributed by atoms with Crippen molar-refractivity contribution in [1.29, 1.82) is 0 Å². The Morgan fingerprint density at radius 2 is 1.90 bits per heavy atom. The predicted molar refractivity (Wildman–Crippen MR) is 75.5 cm³/mol. The van der Waals surface area contributed by atoms with E-state index in [1.54, 1.807) is 12.1 Å². The highest BCUT2D eigenvalue weighted by molar-refractivity contribution is 5.98. The van der Waals surface area contributed by atoms with Crippen molar-refractivity contribution >= 4 is 11.5 Å². The number of benzene rings is 2. The smallest absolute Gasteiger partial charge is 0.283 e. The molecule has 21 heavy (non-hydrogen) atoms. The number of hydrogen-bond donors (Lipinski definition) is 1. The molecular weight excluding hydrogens is 274 g/mol. The van der Waals surface area contributed by atoms with E-state index in [9.17, 15) is 20.0 Å². The second-order valence-corrected chi connectivity index (χ2v) is 4.45. The van der Waals surface area contributed by atoms with Gasteiger partial charge in [0.25, 0.3) is 5.69 Å². The summed E-state index contributed by atoms with van der Waals surface area (Å²) in [7, 11) is 0. The van der Waals surface area contributed by atoms with Gasteiger partial charge < -0.3 is 9.84 Å². The van der Waals surface area contributed by atoms with Crippen molar-refractivity contribution in [3.8, 4) is 11.5 Å². The van der Waals surface area contributed by atoms with Gasteiger partial charge in [0.05, 0.1) is 16.6 Å². The number of ether oxygens (including phenoxy) is 1. The van der Waals surface area contributed by atoms with Crippen LogP contribution in [0.1, 0.15) is 22.8 Å². The fourth-order valence-corrected chi connectivity index (χ4v) is 1.81. The van der Waals surface area contributed by atoms with Crippen molar-refractivity contribution in [3.63, 3.8) is 0 Å². The van der Waals surface area contributed by atoms with Crippen LogP contribution in [-0.4, -0.2) is 15.8 Å². The monoisotopic (exact) mass is 287 g/mol. The van der Waals surface area contributed by atoms with Crippen molar-refractivity contribution in [2.24, 2.45) is 0 Å². The molecule has 6 nitrogen and oxygen atoms in total. The summed E-state index contributed by atoms with van der Waals surface area (Å²) in [4.78, 5) is 21.7. The number of aromatic hydroxyl groups is 1. The number of carbonyl (C=O) groups excluding carboxylic acids is 1. The molecule has 6 heteroatoms. The first-order valence-corrected chi connectivity index (χ1v) is 6.17. The fourth-order valence-electron chi connectivity index (χ4n) is 1.81. The van der Waals surface area contributed by atoms with E-state index < -0.39 is 4.92 Å². The van der Waals surface area contributed by atoms with E-state index in [1.165, 1.54) is 37.3 Å². The first kappa shape index (κ1) is 14.5. The van der Waals surface area contributed by atoms with Crippen molar-refractivity contribution in [3.05, 3.63) is 63.7 Å². The molecule has 0 amide bonds. The van der Waals surface area contributed by atoms with E-state index in [0.29, 0.717) is 5.75 Å². The molecule has 0 aliphatic heterocycles. The highest BCUT2D eigenvalue weighted by Gasteiger charge is 2.18. The van der Waals surface area contributed by atoms with E-state index in [2.05, 4.69) is 0 Å². The zero-order chi connectivity index (χ0) is 15.4. The fraction of sp³-hybridized carbons (Fsp3) is 0.133. The number of nitro groups is 1. The maximum absolute atomic E-state index is 11.3. The minimum Gasteiger partial charge on any atom is -0.508 e. The van der Waals surface area contributed by atoms with Gasteiger partial charge in [0, 0.05) is 0 Å². The number of carbonyl (C=O) groups is 1. The summed E-state index contributed by atoms with van der Waals surface area (Å²) in [5, 5.41) is 20.1. The third kappa shape index (κ3) is 3.56. The number of phenolic OH excluding ortho intramolecular Hbond substituents is 1. The molecule has 108 valence electrons. The van der Waals surface area contributed by atoms with Crippen LogP contribution >= 0.6 is 0 Å². The molecule has 1 N–H and O–H groups in total. The summed E-state index contributed by atoms with van der Waals surface area (Å²) in [5.74, 6) is 0.0896. The number of ketones is 1. The van der Waals surface area contributed by atoms with Gasteiger partial charge in [0.15, 0.2) is 5.78 Å². The Hall–Kier alpha value is -2.89. The molecule has 0 aliphatic carbocycles. The summed E-state index contributed by atoms with van der Waals surface area (Å²) in [6, 6.07) is 10.6. The van der Waals surface area contributed by atoms with Crippen LogP contribution in [0.25, 0.3) is 0 Å². The number of Topliss-reactive ketones (excluding diaryl/α,β-unsaturated/α-hetero) is 1. The van der Waals surface area contributed by atoms with Gasteiger partial charge in [0.2, 0.25) is 0 Å². The Balaban J connectivity index is 2.17. The molecule has 0 saturated heterocycles. The molecule has 2 aromatic rings. The Kier molecular flexibility index (Phi) is 4.18. The Bertz CT molecular complexity index is 679. The Morgan fingerprint density at radius 3 is 2.48 bits per heavy atom. The number of phenols is 1. The first-order valence-electron chi connectivity index (χ1n) is 6.17.